The highest BCUT2D eigenvalue weighted by Gasteiger charge is 2.24. The zero-order chi connectivity index (χ0) is 19.8. The first-order chi connectivity index (χ1) is 13.7. The van der Waals surface area contributed by atoms with Gasteiger partial charge in [0, 0.05) is 32.7 Å². The average molecular weight is 387 g/mol. The standard InChI is InChI=1S/C20H29N5O3/c1-2-21-20(23-14-18(26)24-11-5-6-12-24)22-10-7-13-25-16-8-3-4-9-17(16)28-15-19(25)27/h3-4,8-9H,2,5-7,10-15H2,1H3,(H2,21,22,23). The fourth-order valence-corrected chi connectivity index (χ4v) is 3.40. The molecule has 0 atom stereocenters. The van der Waals surface area contributed by atoms with Crippen molar-refractivity contribution in [2.45, 2.75) is 26.2 Å². The number of amides is 2. The van der Waals surface area contributed by atoms with E-state index in [4.69, 9.17) is 4.74 Å². The fourth-order valence-electron chi connectivity index (χ4n) is 3.40. The highest BCUT2D eigenvalue weighted by molar-refractivity contribution is 5.97. The molecular formula is C20H29N5O3. The largest absolute Gasteiger partial charge is 0.482 e. The molecule has 1 aromatic rings. The Kier molecular flexibility index (Phi) is 7.11. The number of fused-ring (bicyclic) bond motifs is 1. The summed E-state index contributed by atoms with van der Waals surface area (Å²) in [7, 11) is 0. The lowest BCUT2D eigenvalue weighted by atomic mass is 10.2. The van der Waals surface area contributed by atoms with E-state index in [1.807, 2.05) is 36.1 Å². The number of aliphatic imine (C=N–C) groups is 1. The van der Waals surface area contributed by atoms with Gasteiger partial charge in [-0.2, -0.15) is 0 Å². The predicted octanol–water partition coefficient (Wildman–Crippen LogP) is 0.980. The van der Waals surface area contributed by atoms with Gasteiger partial charge < -0.3 is 25.2 Å². The van der Waals surface area contributed by atoms with Gasteiger partial charge in [0.2, 0.25) is 5.91 Å². The van der Waals surface area contributed by atoms with E-state index in [1.54, 1.807) is 4.90 Å². The topological polar surface area (TPSA) is 86.3 Å². The molecule has 0 aliphatic carbocycles. The molecule has 0 aromatic heterocycles. The molecule has 1 aromatic carbocycles. The van der Waals surface area contributed by atoms with E-state index in [9.17, 15) is 9.59 Å². The van der Waals surface area contributed by atoms with Crippen LogP contribution in [-0.4, -0.2) is 68.5 Å². The van der Waals surface area contributed by atoms with Crippen LogP contribution in [0.25, 0.3) is 0 Å². The first-order valence-electron chi connectivity index (χ1n) is 10.0. The number of guanidine groups is 1. The van der Waals surface area contributed by atoms with Gasteiger partial charge in [-0.05, 0) is 38.3 Å². The van der Waals surface area contributed by atoms with Gasteiger partial charge in [-0.3, -0.25) is 9.59 Å². The number of benzene rings is 1. The van der Waals surface area contributed by atoms with Crippen molar-refractivity contribution >= 4 is 23.5 Å². The molecule has 2 N–H and O–H groups in total. The minimum Gasteiger partial charge on any atom is -0.482 e. The molecule has 0 unspecified atom stereocenters. The van der Waals surface area contributed by atoms with Crippen LogP contribution in [0.1, 0.15) is 26.2 Å². The summed E-state index contributed by atoms with van der Waals surface area (Å²) in [5.74, 6) is 1.41. The molecule has 0 bridgehead atoms. The van der Waals surface area contributed by atoms with E-state index in [-0.39, 0.29) is 25.0 Å². The molecular weight excluding hydrogens is 358 g/mol. The Hall–Kier alpha value is -2.77. The zero-order valence-corrected chi connectivity index (χ0v) is 16.4. The predicted molar refractivity (Wildman–Crippen MR) is 109 cm³/mol. The summed E-state index contributed by atoms with van der Waals surface area (Å²) >= 11 is 0. The number of hydrogen-bond acceptors (Lipinski definition) is 4. The molecule has 8 heteroatoms. The van der Waals surface area contributed by atoms with Crippen molar-refractivity contribution < 1.29 is 14.3 Å². The van der Waals surface area contributed by atoms with Crippen molar-refractivity contribution in [3.8, 4) is 5.75 Å². The van der Waals surface area contributed by atoms with Crippen LogP contribution in [0, 0.1) is 0 Å². The SMILES string of the molecule is CCNC(=NCC(=O)N1CCCC1)NCCCN1C(=O)COc2ccccc21. The normalized spacial score (nSPS) is 16.6. The molecule has 0 saturated carbocycles. The molecule has 2 amide bonds. The van der Waals surface area contributed by atoms with Crippen LogP contribution in [0.2, 0.25) is 0 Å². The zero-order valence-electron chi connectivity index (χ0n) is 16.4. The Balaban J connectivity index is 1.47. The third-order valence-electron chi connectivity index (χ3n) is 4.83. The Bertz CT molecular complexity index is 716. The number of carbonyl (C=O) groups is 2. The molecule has 28 heavy (non-hydrogen) atoms. The molecule has 0 spiro atoms. The average Bonchev–Trinajstić information content (AvgIpc) is 3.25. The van der Waals surface area contributed by atoms with Gasteiger partial charge in [0.25, 0.3) is 5.91 Å². The second-order valence-corrected chi connectivity index (χ2v) is 6.87. The monoisotopic (exact) mass is 387 g/mol. The van der Waals surface area contributed by atoms with Crippen molar-refractivity contribution in [1.82, 2.24) is 15.5 Å². The Morgan fingerprint density at radius 2 is 2.00 bits per heavy atom. The van der Waals surface area contributed by atoms with Crippen molar-refractivity contribution in [2.24, 2.45) is 4.99 Å². The van der Waals surface area contributed by atoms with Crippen molar-refractivity contribution in [3.63, 3.8) is 0 Å². The second-order valence-electron chi connectivity index (χ2n) is 6.87. The first-order valence-corrected chi connectivity index (χ1v) is 10.0. The van der Waals surface area contributed by atoms with Crippen LogP contribution < -0.4 is 20.3 Å². The third-order valence-corrected chi connectivity index (χ3v) is 4.83. The van der Waals surface area contributed by atoms with E-state index in [2.05, 4.69) is 15.6 Å². The highest BCUT2D eigenvalue weighted by atomic mass is 16.5. The van der Waals surface area contributed by atoms with Crippen LogP contribution >= 0.6 is 0 Å². The number of anilines is 1. The lowest BCUT2D eigenvalue weighted by Gasteiger charge is -2.29. The Labute approximate surface area is 165 Å². The molecule has 2 heterocycles. The van der Waals surface area contributed by atoms with Crippen LogP contribution in [0.15, 0.2) is 29.3 Å². The minimum absolute atomic E-state index is 0.0320. The number of rotatable bonds is 7. The van der Waals surface area contributed by atoms with Crippen LogP contribution in [0.4, 0.5) is 5.69 Å². The maximum atomic E-state index is 12.2. The van der Waals surface area contributed by atoms with Crippen LogP contribution in [0.5, 0.6) is 5.75 Å². The third kappa shape index (κ3) is 5.15. The lowest BCUT2D eigenvalue weighted by Crippen LogP contribution is -2.42. The van der Waals surface area contributed by atoms with Gasteiger partial charge >= 0.3 is 0 Å². The number of carbonyl (C=O) groups excluding carboxylic acids is 2. The molecule has 8 nitrogen and oxygen atoms in total. The maximum absolute atomic E-state index is 12.2. The van der Waals surface area contributed by atoms with E-state index in [1.165, 1.54) is 0 Å². The summed E-state index contributed by atoms with van der Waals surface area (Å²) in [6.07, 6.45) is 2.92. The fraction of sp³-hybridized carbons (Fsp3) is 0.550. The van der Waals surface area contributed by atoms with Gasteiger partial charge in [0.15, 0.2) is 12.6 Å². The maximum Gasteiger partial charge on any atom is 0.265 e. The number of nitrogens with one attached hydrogen (secondary N) is 2. The van der Waals surface area contributed by atoms with E-state index < -0.39 is 0 Å². The summed E-state index contributed by atoms with van der Waals surface area (Å²) < 4.78 is 5.47. The number of hydrogen-bond donors (Lipinski definition) is 2. The molecule has 3 rings (SSSR count). The lowest BCUT2D eigenvalue weighted by molar-refractivity contribution is -0.128. The van der Waals surface area contributed by atoms with Crippen LogP contribution in [-0.2, 0) is 9.59 Å². The molecule has 2 aliphatic heterocycles. The van der Waals surface area contributed by atoms with Gasteiger partial charge in [0.1, 0.15) is 12.3 Å². The van der Waals surface area contributed by atoms with Crippen LogP contribution in [0.3, 0.4) is 0 Å². The molecule has 2 aliphatic rings. The van der Waals surface area contributed by atoms with Gasteiger partial charge in [-0.15, -0.1) is 0 Å². The number of para-hydroxylation sites is 2. The number of ether oxygens (including phenoxy) is 1. The summed E-state index contributed by atoms with van der Waals surface area (Å²) in [6, 6.07) is 7.58. The van der Waals surface area contributed by atoms with E-state index >= 15 is 0 Å². The minimum atomic E-state index is -0.0320. The Morgan fingerprint density at radius 3 is 2.79 bits per heavy atom. The molecule has 1 saturated heterocycles. The first kappa shape index (κ1) is 20.0. The molecule has 152 valence electrons. The summed E-state index contributed by atoms with van der Waals surface area (Å²) in [5.41, 5.74) is 0.815. The van der Waals surface area contributed by atoms with Crippen molar-refractivity contribution in [2.75, 3.05) is 50.8 Å². The Morgan fingerprint density at radius 1 is 1.21 bits per heavy atom. The summed E-state index contributed by atoms with van der Waals surface area (Å²) in [6.45, 7) is 5.87. The van der Waals surface area contributed by atoms with E-state index in [0.717, 1.165) is 50.3 Å². The van der Waals surface area contributed by atoms with Gasteiger partial charge in [-0.25, -0.2) is 4.99 Å². The quantitative estimate of drug-likeness (QED) is 0.414. The van der Waals surface area contributed by atoms with Gasteiger partial charge in [-0.1, -0.05) is 12.1 Å². The van der Waals surface area contributed by atoms with Gasteiger partial charge in [0.05, 0.1) is 5.69 Å². The number of nitrogens with zero attached hydrogens (tertiary/aromatic N) is 3. The van der Waals surface area contributed by atoms with Crippen molar-refractivity contribution in [1.29, 1.82) is 0 Å². The summed E-state index contributed by atoms with van der Waals surface area (Å²) in [5, 5.41) is 6.40. The van der Waals surface area contributed by atoms with Crippen molar-refractivity contribution in [3.05, 3.63) is 24.3 Å². The number of likely N-dealkylation sites (tertiary alicyclic amines) is 1. The highest BCUT2D eigenvalue weighted by Crippen LogP contribution is 2.31. The molecule has 0 radical (unpaired) electrons. The van der Waals surface area contributed by atoms with E-state index in [0.29, 0.717) is 19.0 Å². The summed E-state index contributed by atoms with van der Waals surface area (Å²) in [4.78, 5) is 32.4. The smallest absolute Gasteiger partial charge is 0.265 e. The molecule has 1 fully saturated rings. The second kappa shape index (κ2) is 9.96.